The third kappa shape index (κ3) is 6.11. The Morgan fingerprint density at radius 3 is 2.27 bits per heavy atom. The Bertz CT molecular complexity index is 820. The van der Waals surface area contributed by atoms with Gasteiger partial charge in [0.15, 0.2) is 0 Å². The molecule has 9 heteroatoms. The van der Waals surface area contributed by atoms with Gasteiger partial charge in [-0.05, 0) is 42.0 Å². The Morgan fingerprint density at radius 2 is 1.65 bits per heavy atom. The fourth-order valence-electron chi connectivity index (χ4n) is 1.90. The molecule has 0 spiro atoms. The van der Waals surface area contributed by atoms with Crippen molar-refractivity contribution in [2.45, 2.75) is 12.8 Å². The maximum Gasteiger partial charge on any atom is 0.269 e. The predicted molar refractivity (Wildman–Crippen MR) is 93.1 cm³/mol. The highest BCUT2D eigenvalue weighted by molar-refractivity contribution is 5.93. The standard InChI is InChI=1S/C17H15FN4O4/c18-13-3-5-14(6-4-13)20-16(23)9-10-17(24)21-19-11-12-1-7-15(8-2-12)22(25)26/h1-8,11H,9-10H2,(H,20,23)(H,21,24). The molecule has 0 aliphatic rings. The van der Waals surface area contributed by atoms with E-state index in [1.165, 1.54) is 54.7 Å². The first-order chi connectivity index (χ1) is 12.4. The molecule has 0 radical (unpaired) electrons. The number of carbonyl (C=O) groups excluding carboxylic acids is 2. The van der Waals surface area contributed by atoms with E-state index in [9.17, 15) is 24.1 Å². The zero-order valence-corrected chi connectivity index (χ0v) is 13.5. The minimum atomic E-state index is -0.514. The molecule has 0 fully saturated rings. The summed E-state index contributed by atoms with van der Waals surface area (Å²) in [4.78, 5) is 33.4. The van der Waals surface area contributed by atoms with Gasteiger partial charge in [-0.15, -0.1) is 0 Å². The largest absolute Gasteiger partial charge is 0.326 e. The molecule has 0 aromatic heterocycles. The smallest absolute Gasteiger partial charge is 0.269 e. The fraction of sp³-hybridized carbons (Fsp3) is 0.118. The van der Waals surface area contributed by atoms with Crippen LogP contribution in [0.4, 0.5) is 15.8 Å². The van der Waals surface area contributed by atoms with Crippen molar-refractivity contribution >= 4 is 29.4 Å². The lowest BCUT2D eigenvalue weighted by molar-refractivity contribution is -0.384. The van der Waals surface area contributed by atoms with E-state index in [0.29, 0.717) is 11.3 Å². The van der Waals surface area contributed by atoms with Gasteiger partial charge in [-0.25, -0.2) is 9.82 Å². The number of nitrogens with one attached hydrogen (secondary N) is 2. The van der Waals surface area contributed by atoms with Crippen LogP contribution in [0, 0.1) is 15.9 Å². The molecule has 0 saturated carbocycles. The van der Waals surface area contributed by atoms with E-state index in [1.54, 1.807) is 0 Å². The predicted octanol–water partition coefficient (Wildman–Crippen LogP) is 2.60. The monoisotopic (exact) mass is 358 g/mol. The van der Waals surface area contributed by atoms with Crippen molar-refractivity contribution < 1.29 is 18.9 Å². The lowest BCUT2D eigenvalue weighted by atomic mass is 10.2. The molecule has 0 aliphatic carbocycles. The molecule has 0 atom stereocenters. The molecule has 0 heterocycles. The number of benzene rings is 2. The number of hydrogen-bond donors (Lipinski definition) is 2. The van der Waals surface area contributed by atoms with E-state index in [1.807, 2.05) is 0 Å². The number of hydrogen-bond acceptors (Lipinski definition) is 5. The summed E-state index contributed by atoms with van der Waals surface area (Å²) in [6.45, 7) is 0. The van der Waals surface area contributed by atoms with Crippen molar-refractivity contribution in [1.82, 2.24) is 5.43 Å². The number of anilines is 1. The Balaban J connectivity index is 1.73. The summed E-state index contributed by atoms with van der Waals surface area (Å²) in [7, 11) is 0. The Labute approximate surface area is 147 Å². The third-order valence-electron chi connectivity index (χ3n) is 3.21. The molecule has 2 aromatic carbocycles. The molecule has 2 amide bonds. The van der Waals surface area contributed by atoms with Crippen molar-refractivity contribution in [3.05, 3.63) is 70.0 Å². The van der Waals surface area contributed by atoms with Crippen molar-refractivity contribution in [1.29, 1.82) is 0 Å². The van der Waals surface area contributed by atoms with E-state index in [-0.39, 0.29) is 24.4 Å². The minimum absolute atomic E-state index is 0.0432. The number of rotatable bonds is 7. The van der Waals surface area contributed by atoms with Gasteiger partial charge in [0.1, 0.15) is 5.82 Å². The molecular formula is C17H15FN4O4. The van der Waals surface area contributed by atoms with Gasteiger partial charge in [0.05, 0.1) is 11.1 Å². The highest BCUT2D eigenvalue weighted by atomic mass is 19.1. The van der Waals surface area contributed by atoms with Gasteiger partial charge in [0.25, 0.3) is 5.69 Å². The number of nitrogens with zero attached hydrogens (tertiary/aromatic N) is 2. The lowest BCUT2D eigenvalue weighted by Crippen LogP contribution is -2.20. The van der Waals surface area contributed by atoms with E-state index in [4.69, 9.17) is 0 Å². The normalized spacial score (nSPS) is 10.5. The summed E-state index contributed by atoms with van der Waals surface area (Å²) in [5.41, 5.74) is 3.23. The molecule has 8 nitrogen and oxygen atoms in total. The molecule has 0 unspecified atom stereocenters. The van der Waals surface area contributed by atoms with Crippen molar-refractivity contribution in [3.8, 4) is 0 Å². The van der Waals surface area contributed by atoms with Crippen LogP contribution in [0.1, 0.15) is 18.4 Å². The van der Waals surface area contributed by atoms with Gasteiger partial charge < -0.3 is 5.32 Å². The topological polar surface area (TPSA) is 114 Å². The number of nitro groups is 1. The summed E-state index contributed by atoms with van der Waals surface area (Å²) in [6, 6.07) is 10.9. The first-order valence-corrected chi connectivity index (χ1v) is 7.56. The minimum Gasteiger partial charge on any atom is -0.326 e. The van der Waals surface area contributed by atoms with Gasteiger partial charge in [-0.1, -0.05) is 0 Å². The van der Waals surface area contributed by atoms with Crippen molar-refractivity contribution in [2.24, 2.45) is 5.10 Å². The maximum atomic E-state index is 12.8. The Morgan fingerprint density at radius 1 is 1.04 bits per heavy atom. The first-order valence-electron chi connectivity index (χ1n) is 7.56. The Hall–Kier alpha value is -3.62. The van der Waals surface area contributed by atoms with Crippen LogP contribution in [0.3, 0.4) is 0 Å². The number of halogens is 1. The van der Waals surface area contributed by atoms with Gasteiger partial charge in [-0.2, -0.15) is 5.10 Å². The molecule has 2 N–H and O–H groups in total. The van der Waals surface area contributed by atoms with Crippen molar-refractivity contribution in [3.63, 3.8) is 0 Å². The van der Waals surface area contributed by atoms with Crippen LogP contribution in [0.2, 0.25) is 0 Å². The molecule has 134 valence electrons. The van der Waals surface area contributed by atoms with Crippen LogP contribution in [0.5, 0.6) is 0 Å². The van der Waals surface area contributed by atoms with Gasteiger partial charge in [0.2, 0.25) is 11.8 Å². The second kappa shape index (κ2) is 9.02. The van der Waals surface area contributed by atoms with Crippen LogP contribution in [0.15, 0.2) is 53.6 Å². The average molecular weight is 358 g/mol. The zero-order valence-electron chi connectivity index (χ0n) is 13.5. The third-order valence-corrected chi connectivity index (χ3v) is 3.21. The molecule has 0 aliphatic heterocycles. The van der Waals surface area contributed by atoms with E-state index in [0.717, 1.165) is 0 Å². The van der Waals surface area contributed by atoms with E-state index >= 15 is 0 Å². The maximum absolute atomic E-state index is 12.8. The summed E-state index contributed by atoms with van der Waals surface area (Å²) < 4.78 is 12.8. The average Bonchev–Trinajstić information content (AvgIpc) is 2.62. The van der Waals surface area contributed by atoms with Crippen molar-refractivity contribution in [2.75, 3.05) is 5.32 Å². The zero-order chi connectivity index (χ0) is 18.9. The van der Waals surface area contributed by atoms with E-state index in [2.05, 4.69) is 15.8 Å². The van der Waals surface area contributed by atoms with Gasteiger partial charge in [0, 0.05) is 30.7 Å². The summed E-state index contributed by atoms with van der Waals surface area (Å²) in [6.07, 6.45) is 1.20. The summed E-state index contributed by atoms with van der Waals surface area (Å²) >= 11 is 0. The van der Waals surface area contributed by atoms with Gasteiger partial charge >= 0.3 is 0 Å². The number of non-ortho nitro benzene ring substituents is 1. The Kier molecular flexibility index (Phi) is 6.49. The molecule has 0 saturated heterocycles. The molecule has 2 aromatic rings. The number of carbonyl (C=O) groups is 2. The van der Waals surface area contributed by atoms with Crippen LogP contribution in [0.25, 0.3) is 0 Å². The highest BCUT2D eigenvalue weighted by Crippen LogP contribution is 2.10. The molecule has 2 rings (SSSR count). The molecule has 26 heavy (non-hydrogen) atoms. The summed E-state index contributed by atoms with van der Waals surface area (Å²) in [5.74, 6) is -1.25. The second-order valence-electron chi connectivity index (χ2n) is 5.20. The van der Waals surface area contributed by atoms with Crippen LogP contribution < -0.4 is 10.7 Å². The SMILES string of the molecule is O=C(CCC(=O)Nc1ccc(F)cc1)NN=Cc1ccc([N+](=O)[O-])cc1. The lowest BCUT2D eigenvalue weighted by Gasteiger charge is -2.04. The highest BCUT2D eigenvalue weighted by Gasteiger charge is 2.07. The molecular weight excluding hydrogens is 343 g/mol. The summed E-state index contributed by atoms with van der Waals surface area (Å²) in [5, 5.41) is 16.8. The van der Waals surface area contributed by atoms with Crippen LogP contribution >= 0.6 is 0 Å². The van der Waals surface area contributed by atoms with E-state index < -0.39 is 16.6 Å². The molecule has 0 bridgehead atoms. The fourth-order valence-corrected chi connectivity index (χ4v) is 1.90. The quantitative estimate of drug-likeness (QED) is 0.450. The number of amides is 2. The van der Waals surface area contributed by atoms with Crippen LogP contribution in [-0.2, 0) is 9.59 Å². The number of nitro benzene ring substituents is 1. The van der Waals surface area contributed by atoms with Crippen LogP contribution in [-0.4, -0.2) is 23.0 Å². The number of hydrazone groups is 1. The second-order valence-corrected chi connectivity index (χ2v) is 5.20. The first kappa shape index (κ1) is 18.7. The van der Waals surface area contributed by atoms with Gasteiger partial charge in [-0.3, -0.25) is 19.7 Å².